The molecular weight excluding hydrogens is 315 g/mol. The summed E-state index contributed by atoms with van der Waals surface area (Å²) >= 11 is 0. The second-order valence-corrected chi connectivity index (χ2v) is 5.15. The molecule has 0 spiro atoms. The van der Waals surface area contributed by atoms with Gasteiger partial charge in [0.05, 0.1) is 18.7 Å². The number of ether oxygens (including phenoxy) is 2. The van der Waals surface area contributed by atoms with Crippen molar-refractivity contribution >= 4 is 23.2 Å². The van der Waals surface area contributed by atoms with Gasteiger partial charge in [0.2, 0.25) is 5.91 Å². The van der Waals surface area contributed by atoms with Crippen molar-refractivity contribution in [2.45, 2.75) is 6.42 Å². The molecule has 0 aliphatic carbocycles. The van der Waals surface area contributed by atoms with Crippen LogP contribution in [0.2, 0.25) is 0 Å². The summed E-state index contributed by atoms with van der Waals surface area (Å²) in [5, 5.41) is 5.39. The van der Waals surface area contributed by atoms with Gasteiger partial charge < -0.3 is 20.1 Å². The number of halogens is 1. The molecule has 2 N–H and O–H groups in total. The van der Waals surface area contributed by atoms with E-state index >= 15 is 0 Å². The average molecular weight is 330 g/mol. The lowest BCUT2D eigenvalue weighted by Crippen LogP contribution is -2.25. The lowest BCUT2D eigenvalue weighted by Gasteiger charge is -2.18. The molecule has 24 heavy (non-hydrogen) atoms. The second kappa shape index (κ2) is 6.99. The maximum absolute atomic E-state index is 12.8. The molecule has 1 aliphatic heterocycles. The fourth-order valence-corrected chi connectivity index (χ4v) is 2.18. The molecule has 0 saturated carbocycles. The molecule has 0 fully saturated rings. The summed E-state index contributed by atoms with van der Waals surface area (Å²) in [5.74, 6) is 0.243. The zero-order chi connectivity index (χ0) is 16.9. The quantitative estimate of drug-likeness (QED) is 0.883. The molecule has 0 bridgehead atoms. The van der Waals surface area contributed by atoms with E-state index in [4.69, 9.17) is 9.47 Å². The summed E-state index contributed by atoms with van der Waals surface area (Å²) in [7, 11) is 0. The Labute approximate surface area is 137 Å². The van der Waals surface area contributed by atoms with Crippen molar-refractivity contribution in [1.82, 2.24) is 0 Å². The van der Waals surface area contributed by atoms with Crippen molar-refractivity contribution in [2.75, 3.05) is 23.8 Å². The summed E-state index contributed by atoms with van der Waals surface area (Å²) in [5.41, 5.74) is 1.07. The van der Waals surface area contributed by atoms with Crippen LogP contribution >= 0.6 is 0 Å². The van der Waals surface area contributed by atoms with Gasteiger partial charge in [0, 0.05) is 5.69 Å². The SMILES string of the molecule is O=C(CCOc1ccc(F)cc1)Nc1ccc2c(c1)NC(=O)CO2. The number of anilines is 2. The van der Waals surface area contributed by atoms with Crippen molar-refractivity contribution in [3.05, 3.63) is 48.3 Å². The van der Waals surface area contributed by atoms with Crippen molar-refractivity contribution in [3.8, 4) is 11.5 Å². The first kappa shape index (κ1) is 15.8. The summed E-state index contributed by atoms with van der Waals surface area (Å²) in [6.07, 6.45) is 0.136. The van der Waals surface area contributed by atoms with Gasteiger partial charge in [-0.05, 0) is 42.5 Å². The van der Waals surface area contributed by atoms with Gasteiger partial charge in [-0.15, -0.1) is 0 Å². The van der Waals surface area contributed by atoms with Crippen LogP contribution in [0, 0.1) is 5.82 Å². The van der Waals surface area contributed by atoms with Crippen LogP contribution in [-0.4, -0.2) is 25.0 Å². The molecule has 2 amide bonds. The molecule has 3 rings (SSSR count). The molecular formula is C17H15FN2O4. The van der Waals surface area contributed by atoms with E-state index < -0.39 is 0 Å². The Kier molecular flexibility index (Phi) is 4.60. The Balaban J connectivity index is 1.50. The van der Waals surface area contributed by atoms with Crippen LogP contribution in [0.4, 0.5) is 15.8 Å². The van der Waals surface area contributed by atoms with Crippen LogP contribution in [0.25, 0.3) is 0 Å². The highest BCUT2D eigenvalue weighted by atomic mass is 19.1. The van der Waals surface area contributed by atoms with E-state index in [0.717, 1.165) is 0 Å². The number of amides is 2. The maximum atomic E-state index is 12.8. The van der Waals surface area contributed by atoms with Crippen LogP contribution in [0.5, 0.6) is 11.5 Å². The number of nitrogens with one attached hydrogen (secondary N) is 2. The molecule has 2 aromatic rings. The number of benzene rings is 2. The van der Waals surface area contributed by atoms with Crippen molar-refractivity contribution < 1.29 is 23.5 Å². The van der Waals surface area contributed by atoms with Gasteiger partial charge in [-0.25, -0.2) is 4.39 Å². The van der Waals surface area contributed by atoms with Crippen molar-refractivity contribution in [3.63, 3.8) is 0 Å². The fourth-order valence-electron chi connectivity index (χ4n) is 2.18. The van der Waals surface area contributed by atoms with Crippen LogP contribution in [0.3, 0.4) is 0 Å². The Morgan fingerprint density at radius 2 is 2.04 bits per heavy atom. The van der Waals surface area contributed by atoms with Crippen molar-refractivity contribution in [2.24, 2.45) is 0 Å². The summed E-state index contributed by atoms with van der Waals surface area (Å²) in [6, 6.07) is 10.6. The topological polar surface area (TPSA) is 76.7 Å². The number of carbonyl (C=O) groups is 2. The number of rotatable bonds is 5. The van der Waals surface area contributed by atoms with E-state index in [2.05, 4.69) is 10.6 Å². The molecule has 0 aromatic heterocycles. The maximum Gasteiger partial charge on any atom is 0.262 e. The smallest absolute Gasteiger partial charge is 0.262 e. The second-order valence-electron chi connectivity index (χ2n) is 5.15. The first-order valence-corrected chi connectivity index (χ1v) is 7.35. The first-order valence-electron chi connectivity index (χ1n) is 7.35. The Morgan fingerprint density at radius 3 is 2.83 bits per heavy atom. The number of hydrogen-bond donors (Lipinski definition) is 2. The molecule has 2 aromatic carbocycles. The minimum absolute atomic E-state index is 0.0145. The third kappa shape index (κ3) is 4.01. The molecule has 0 atom stereocenters. The van der Waals surface area contributed by atoms with Gasteiger partial charge in [-0.1, -0.05) is 0 Å². The van der Waals surface area contributed by atoms with E-state index in [1.54, 1.807) is 18.2 Å². The minimum Gasteiger partial charge on any atom is -0.493 e. The molecule has 7 heteroatoms. The van der Waals surface area contributed by atoms with Crippen LogP contribution < -0.4 is 20.1 Å². The predicted octanol–water partition coefficient (Wildman–Crippen LogP) is 2.56. The Bertz CT molecular complexity index is 762. The minimum atomic E-state index is -0.344. The van der Waals surface area contributed by atoms with E-state index in [-0.39, 0.29) is 37.3 Å². The van der Waals surface area contributed by atoms with Gasteiger partial charge >= 0.3 is 0 Å². The van der Waals surface area contributed by atoms with Crippen LogP contribution in [0.15, 0.2) is 42.5 Å². The van der Waals surface area contributed by atoms with E-state index in [0.29, 0.717) is 22.9 Å². The van der Waals surface area contributed by atoms with Crippen molar-refractivity contribution in [1.29, 1.82) is 0 Å². The Morgan fingerprint density at radius 1 is 1.25 bits per heavy atom. The standard InChI is InChI=1S/C17H15FN2O4/c18-11-1-4-13(5-2-11)23-8-7-16(21)19-12-3-6-15-14(9-12)20-17(22)10-24-15/h1-6,9H,7-8,10H2,(H,19,21)(H,20,22). The van der Waals surface area contributed by atoms with E-state index in [9.17, 15) is 14.0 Å². The zero-order valence-electron chi connectivity index (χ0n) is 12.7. The number of carbonyl (C=O) groups excluding carboxylic acids is 2. The third-order valence-electron chi connectivity index (χ3n) is 3.31. The van der Waals surface area contributed by atoms with Gasteiger partial charge in [0.15, 0.2) is 6.61 Å². The number of fused-ring (bicyclic) bond motifs is 1. The number of hydrogen-bond acceptors (Lipinski definition) is 4. The highest BCUT2D eigenvalue weighted by Gasteiger charge is 2.16. The molecule has 0 radical (unpaired) electrons. The summed E-state index contributed by atoms with van der Waals surface area (Å²) in [4.78, 5) is 23.2. The lowest BCUT2D eigenvalue weighted by atomic mass is 10.2. The molecule has 0 saturated heterocycles. The highest BCUT2D eigenvalue weighted by molar-refractivity contribution is 5.97. The van der Waals surface area contributed by atoms with Gasteiger partial charge in [0.1, 0.15) is 17.3 Å². The summed E-state index contributed by atoms with van der Waals surface area (Å²) < 4.78 is 23.4. The molecule has 0 unspecified atom stereocenters. The van der Waals surface area contributed by atoms with E-state index in [1.807, 2.05) is 0 Å². The highest BCUT2D eigenvalue weighted by Crippen LogP contribution is 2.30. The molecule has 6 nitrogen and oxygen atoms in total. The molecule has 1 aliphatic rings. The van der Waals surface area contributed by atoms with E-state index in [1.165, 1.54) is 24.3 Å². The van der Waals surface area contributed by atoms with Crippen LogP contribution in [0.1, 0.15) is 6.42 Å². The normalized spacial score (nSPS) is 12.6. The van der Waals surface area contributed by atoms with Gasteiger partial charge in [-0.3, -0.25) is 9.59 Å². The summed E-state index contributed by atoms with van der Waals surface area (Å²) in [6.45, 7) is 0.154. The van der Waals surface area contributed by atoms with Crippen LogP contribution in [-0.2, 0) is 9.59 Å². The first-order chi connectivity index (χ1) is 11.6. The fraction of sp³-hybridized carbons (Fsp3) is 0.176. The zero-order valence-corrected chi connectivity index (χ0v) is 12.7. The van der Waals surface area contributed by atoms with Gasteiger partial charge in [0.25, 0.3) is 5.91 Å². The average Bonchev–Trinajstić information content (AvgIpc) is 2.56. The Hall–Kier alpha value is -3.09. The monoisotopic (exact) mass is 330 g/mol. The molecule has 1 heterocycles. The molecule has 124 valence electrons. The lowest BCUT2D eigenvalue weighted by molar-refractivity contribution is -0.118. The largest absolute Gasteiger partial charge is 0.493 e. The predicted molar refractivity (Wildman–Crippen MR) is 85.7 cm³/mol. The van der Waals surface area contributed by atoms with Gasteiger partial charge in [-0.2, -0.15) is 0 Å². The third-order valence-corrected chi connectivity index (χ3v) is 3.31.